The fourth-order valence-corrected chi connectivity index (χ4v) is 3.91. The van der Waals surface area contributed by atoms with Crippen molar-refractivity contribution in [2.45, 2.75) is 11.4 Å². The average Bonchev–Trinajstić information content (AvgIpc) is 2.90. The maximum atomic E-state index is 12.0. The van der Waals surface area contributed by atoms with E-state index in [1.165, 1.54) is 17.1 Å². The molecule has 0 spiro atoms. The molecular weight excluding hydrogens is 300 g/mol. The van der Waals surface area contributed by atoms with E-state index in [9.17, 15) is 8.42 Å². The summed E-state index contributed by atoms with van der Waals surface area (Å²) in [6.45, 7) is 3.38. The van der Waals surface area contributed by atoms with E-state index in [-0.39, 0.29) is 11.5 Å². The highest BCUT2D eigenvalue weighted by Crippen LogP contribution is 2.09. The maximum Gasteiger partial charge on any atom is 0.243 e. The fraction of sp³-hybridized carbons (Fsp3) is 0.727. The number of rotatable bonds is 7. The first-order chi connectivity index (χ1) is 9.62. The molecule has 1 saturated heterocycles. The van der Waals surface area contributed by atoms with E-state index >= 15 is 0 Å². The largest absolute Gasteiger partial charge is 0.394 e. The summed E-state index contributed by atoms with van der Waals surface area (Å²) in [4.78, 5) is 2.40. The summed E-state index contributed by atoms with van der Waals surface area (Å²) in [6.07, 6.45) is 2.73. The third-order valence-corrected chi connectivity index (χ3v) is 5.43. The molecule has 0 aliphatic carbocycles. The zero-order valence-corrected chi connectivity index (χ0v) is 12.9. The van der Waals surface area contributed by atoms with E-state index in [0.29, 0.717) is 13.1 Å². The lowest BCUT2D eigenvalue weighted by Crippen LogP contribution is -2.39. The van der Waals surface area contributed by atoms with E-state index in [0.717, 1.165) is 31.1 Å². The lowest BCUT2D eigenvalue weighted by Gasteiger charge is -2.25. The standard InChI is InChI=1S/C11H20N4O3S2/c16-6-3-15-10-11(9-12-15)20(17,18)13-1-2-14-4-7-19-8-5-14/h9-10,13,16H,1-8H2. The van der Waals surface area contributed by atoms with E-state index in [4.69, 9.17) is 5.11 Å². The molecule has 2 N–H and O–H groups in total. The number of hydrogen-bond acceptors (Lipinski definition) is 6. The van der Waals surface area contributed by atoms with Gasteiger partial charge in [0, 0.05) is 43.9 Å². The van der Waals surface area contributed by atoms with E-state index in [1.54, 1.807) is 0 Å². The summed E-state index contributed by atoms with van der Waals surface area (Å²) in [7, 11) is -3.51. The molecule has 0 unspecified atom stereocenters. The molecule has 114 valence electrons. The molecule has 0 saturated carbocycles. The van der Waals surface area contributed by atoms with Crippen LogP contribution >= 0.6 is 11.8 Å². The smallest absolute Gasteiger partial charge is 0.243 e. The summed E-state index contributed by atoms with van der Waals surface area (Å²) < 4.78 is 28.1. The molecule has 1 aliphatic heterocycles. The molecule has 0 amide bonds. The van der Waals surface area contributed by atoms with Gasteiger partial charge >= 0.3 is 0 Å². The molecule has 2 rings (SSSR count). The van der Waals surface area contributed by atoms with Crippen molar-refractivity contribution in [1.29, 1.82) is 0 Å². The summed E-state index contributed by atoms with van der Waals surface area (Å²) in [6, 6.07) is 0. The molecule has 0 aromatic carbocycles. The van der Waals surface area contributed by atoms with Crippen molar-refractivity contribution >= 4 is 21.8 Å². The molecule has 0 bridgehead atoms. The highest BCUT2D eigenvalue weighted by atomic mass is 32.2. The zero-order chi connectivity index (χ0) is 14.4. The summed E-state index contributed by atoms with van der Waals surface area (Å²) in [5, 5.41) is 12.7. The monoisotopic (exact) mass is 320 g/mol. The molecular formula is C11H20N4O3S2. The number of nitrogens with one attached hydrogen (secondary N) is 1. The Morgan fingerprint density at radius 3 is 2.80 bits per heavy atom. The fourth-order valence-electron chi connectivity index (χ4n) is 1.95. The van der Waals surface area contributed by atoms with Crippen LogP contribution in [0.2, 0.25) is 0 Å². The van der Waals surface area contributed by atoms with Crippen LogP contribution in [-0.2, 0) is 16.6 Å². The molecule has 20 heavy (non-hydrogen) atoms. The molecule has 9 heteroatoms. The van der Waals surface area contributed by atoms with Gasteiger partial charge in [-0.15, -0.1) is 0 Å². The normalized spacial score (nSPS) is 17.4. The van der Waals surface area contributed by atoms with E-state index < -0.39 is 10.0 Å². The van der Waals surface area contributed by atoms with Gasteiger partial charge in [-0.1, -0.05) is 0 Å². The van der Waals surface area contributed by atoms with Crippen molar-refractivity contribution in [2.24, 2.45) is 0 Å². The van der Waals surface area contributed by atoms with Gasteiger partial charge in [0.1, 0.15) is 4.90 Å². The van der Waals surface area contributed by atoms with Gasteiger partial charge in [-0.25, -0.2) is 13.1 Å². The summed E-state index contributed by atoms with van der Waals surface area (Å²) >= 11 is 1.93. The van der Waals surface area contributed by atoms with Crippen molar-refractivity contribution in [3.8, 4) is 0 Å². The Kier molecular flexibility index (Phi) is 5.85. The Labute approximate surface area is 123 Å². The van der Waals surface area contributed by atoms with Crippen LogP contribution in [0.5, 0.6) is 0 Å². The van der Waals surface area contributed by atoms with E-state index in [1.807, 2.05) is 11.8 Å². The van der Waals surface area contributed by atoms with Gasteiger partial charge in [0.15, 0.2) is 0 Å². The van der Waals surface area contributed by atoms with Gasteiger partial charge < -0.3 is 10.0 Å². The predicted octanol–water partition coefficient (Wildman–Crippen LogP) is -0.797. The SMILES string of the molecule is O=S(=O)(NCCN1CCSCC1)c1cnn(CCO)c1. The van der Waals surface area contributed by atoms with Gasteiger partial charge in [0.25, 0.3) is 0 Å². The van der Waals surface area contributed by atoms with Gasteiger partial charge in [-0.2, -0.15) is 16.9 Å². The Bertz CT molecular complexity index is 511. The first-order valence-electron chi connectivity index (χ1n) is 6.55. The highest BCUT2D eigenvalue weighted by molar-refractivity contribution is 7.99. The van der Waals surface area contributed by atoms with E-state index in [2.05, 4.69) is 14.7 Å². The van der Waals surface area contributed by atoms with Crippen LogP contribution in [0.25, 0.3) is 0 Å². The van der Waals surface area contributed by atoms with Crippen LogP contribution in [0.1, 0.15) is 0 Å². The van der Waals surface area contributed by atoms with Crippen LogP contribution in [0, 0.1) is 0 Å². The lowest BCUT2D eigenvalue weighted by molar-refractivity contribution is 0.269. The molecule has 1 aromatic heterocycles. The number of nitrogens with zero attached hydrogens (tertiary/aromatic N) is 3. The number of aromatic nitrogens is 2. The topological polar surface area (TPSA) is 87.5 Å². The minimum absolute atomic E-state index is 0.0679. The summed E-state index contributed by atoms with van der Waals surface area (Å²) in [5.74, 6) is 2.22. The van der Waals surface area contributed by atoms with Crippen LogP contribution in [0.3, 0.4) is 0 Å². The molecule has 1 aliphatic rings. The molecule has 1 fully saturated rings. The second kappa shape index (κ2) is 7.41. The van der Waals surface area contributed by atoms with Gasteiger partial charge in [0.2, 0.25) is 10.0 Å². The number of hydrogen-bond donors (Lipinski definition) is 2. The lowest BCUT2D eigenvalue weighted by atomic mass is 10.5. The Morgan fingerprint density at radius 2 is 2.10 bits per heavy atom. The van der Waals surface area contributed by atoms with Gasteiger partial charge in [-0.05, 0) is 0 Å². The predicted molar refractivity (Wildman–Crippen MR) is 78.3 cm³/mol. The average molecular weight is 320 g/mol. The van der Waals surface area contributed by atoms with Gasteiger partial charge in [0.05, 0.1) is 19.3 Å². The molecule has 7 nitrogen and oxygen atoms in total. The first kappa shape index (κ1) is 15.8. The van der Waals surface area contributed by atoms with Crippen LogP contribution < -0.4 is 4.72 Å². The number of sulfonamides is 1. The number of thioether (sulfide) groups is 1. The Morgan fingerprint density at radius 1 is 1.35 bits per heavy atom. The van der Waals surface area contributed by atoms with Crippen molar-refractivity contribution in [3.05, 3.63) is 12.4 Å². The van der Waals surface area contributed by atoms with Gasteiger partial charge in [-0.3, -0.25) is 4.68 Å². The molecule has 1 aromatic rings. The Hall–Kier alpha value is -0.610. The summed E-state index contributed by atoms with van der Waals surface area (Å²) in [5.41, 5.74) is 0. The minimum atomic E-state index is -3.51. The van der Waals surface area contributed by atoms with Crippen LogP contribution in [-0.4, -0.2) is 72.5 Å². The van der Waals surface area contributed by atoms with Crippen molar-refractivity contribution in [2.75, 3.05) is 44.3 Å². The molecule has 0 atom stereocenters. The first-order valence-corrected chi connectivity index (χ1v) is 9.19. The third kappa shape index (κ3) is 4.45. The van der Waals surface area contributed by atoms with Crippen molar-refractivity contribution < 1.29 is 13.5 Å². The highest BCUT2D eigenvalue weighted by Gasteiger charge is 2.17. The third-order valence-electron chi connectivity index (χ3n) is 3.07. The second-order valence-electron chi connectivity index (χ2n) is 4.51. The van der Waals surface area contributed by atoms with Crippen LogP contribution in [0.4, 0.5) is 0 Å². The van der Waals surface area contributed by atoms with Crippen LogP contribution in [0.15, 0.2) is 17.3 Å². The minimum Gasteiger partial charge on any atom is -0.394 e. The second-order valence-corrected chi connectivity index (χ2v) is 7.51. The maximum absolute atomic E-state index is 12.0. The van der Waals surface area contributed by atoms with Crippen molar-refractivity contribution in [3.63, 3.8) is 0 Å². The van der Waals surface area contributed by atoms with Crippen molar-refractivity contribution in [1.82, 2.24) is 19.4 Å². The molecule has 2 heterocycles. The number of aliphatic hydroxyl groups is 1. The zero-order valence-electron chi connectivity index (χ0n) is 11.2. The quantitative estimate of drug-likeness (QED) is 0.684. The number of aliphatic hydroxyl groups excluding tert-OH is 1. The molecule has 0 radical (unpaired) electrons. The Balaban J connectivity index is 1.83.